The van der Waals surface area contributed by atoms with Crippen LogP contribution in [0.15, 0.2) is 18.7 Å². The molecule has 0 radical (unpaired) electrons. The van der Waals surface area contributed by atoms with Crippen LogP contribution < -0.4 is 24.7 Å². The fraction of sp³-hybridized carbons (Fsp3) is 0.516. The first-order chi connectivity index (χ1) is 19.4. The lowest BCUT2D eigenvalue weighted by atomic mass is 9.71. The van der Waals surface area contributed by atoms with Gasteiger partial charge in [-0.25, -0.2) is 0 Å². The first-order valence-corrected chi connectivity index (χ1v) is 13.9. The molecule has 2 unspecified atom stereocenters. The second kappa shape index (κ2) is 10.3. The van der Waals surface area contributed by atoms with E-state index in [-0.39, 0.29) is 43.8 Å². The van der Waals surface area contributed by atoms with Crippen molar-refractivity contribution in [2.75, 3.05) is 40.9 Å². The predicted octanol–water partition coefficient (Wildman–Crippen LogP) is 3.62. The van der Waals surface area contributed by atoms with Gasteiger partial charge in [0.25, 0.3) is 0 Å². The Morgan fingerprint density at radius 2 is 1.88 bits per heavy atom. The summed E-state index contributed by atoms with van der Waals surface area (Å²) in [4.78, 5) is 4.74. The summed E-state index contributed by atoms with van der Waals surface area (Å²) in [7, 11) is 3.78. The summed E-state index contributed by atoms with van der Waals surface area (Å²) < 4.78 is 29.9. The second-order valence-electron chi connectivity index (χ2n) is 11.2. The van der Waals surface area contributed by atoms with Crippen LogP contribution in [0.3, 0.4) is 0 Å². The molecule has 4 aliphatic rings. The van der Waals surface area contributed by atoms with Crippen LogP contribution in [0.5, 0.6) is 23.0 Å². The SMILES string of the molecule is C=CCOc1c(C)c2c(c3c1CC1C4c5c(cc(C)c(C)c5OCOC)C[C@H]([C@H](C#N)N1[C@H]3CN)N4C)OCO2. The third kappa shape index (κ3) is 3.74. The second-order valence-corrected chi connectivity index (χ2v) is 11.2. The minimum atomic E-state index is -0.358. The summed E-state index contributed by atoms with van der Waals surface area (Å²) >= 11 is 0. The van der Waals surface area contributed by atoms with E-state index in [0.29, 0.717) is 25.3 Å². The Morgan fingerprint density at radius 1 is 1.10 bits per heavy atom. The van der Waals surface area contributed by atoms with Crippen LogP contribution in [0.1, 0.15) is 51.0 Å². The molecule has 9 nitrogen and oxygen atoms in total. The molecular formula is C31H38N4O5. The Bertz CT molecular complexity index is 1400. The van der Waals surface area contributed by atoms with Gasteiger partial charge in [0.05, 0.1) is 18.2 Å². The highest BCUT2D eigenvalue weighted by Crippen LogP contribution is 2.57. The van der Waals surface area contributed by atoms with Gasteiger partial charge < -0.3 is 29.4 Å². The molecule has 1 fully saturated rings. The number of methoxy groups -OCH3 is 1. The molecule has 0 aromatic heterocycles. The highest BCUT2D eigenvalue weighted by Gasteiger charge is 2.56. The van der Waals surface area contributed by atoms with E-state index in [4.69, 9.17) is 29.4 Å². The summed E-state index contributed by atoms with van der Waals surface area (Å²) in [6.45, 7) is 11.1. The van der Waals surface area contributed by atoms with Crippen LogP contribution in [0.2, 0.25) is 0 Å². The van der Waals surface area contributed by atoms with E-state index in [1.54, 1.807) is 13.2 Å². The van der Waals surface area contributed by atoms with Gasteiger partial charge in [-0.1, -0.05) is 18.7 Å². The molecular weight excluding hydrogens is 508 g/mol. The molecule has 0 saturated carbocycles. The standard InChI is InChI=1S/C31H38N4O5/c1-7-8-37-28-18(4)30-31(40-15-39-30)26-20(28)11-22-27-25-19(9-16(2)17(3)29(25)38-14-36-6)10-21(34(27)5)23(12-32)35(22)24(26)13-33/h7,9,21-24,27H,1,8,10-11,13-15,33H2,2-6H3/t21-,22?,23+,24+,27?/m1/s1. The molecule has 1 saturated heterocycles. The monoisotopic (exact) mass is 546 g/mol. The number of ether oxygens (including phenoxy) is 5. The van der Waals surface area contributed by atoms with Crippen molar-refractivity contribution in [3.63, 3.8) is 0 Å². The van der Waals surface area contributed by atoms with E-state index in [2.05, 4.69) is 49.4 Å². The van der Waals surface area contributed by atoms with Crippen molar-refractivity contribution in [1.82, 2.24) is 9.80 Å². The van der Waals surface area contributed by atoms with Crippen molar-refractivity contribution in [2.24, 2.45) is 5.73 Å². The van der Waals surface area contributed by atoms with Crippen LogP contribution >= 0.6 is 0 Å². The van der Waals surface area contributed by atoms with Crippen molar-refractivity contribution in [1.29, 1.82) is 5.26 Å². The van der Waals surface area contributed by atoms with Gasteiger partial charge in [0.2, 0.25) is 6.79 Å². The quantitative estimate of drug-likeness (QED) is 0.412. The lowest BCUT2D eigenvalue weighted by molar-refractivity contribution is -0.0718. The fourth-order valence-electron chi connectivity index (χ4n) is 7.55. The third-order valence-corrected chi connectivity index (χ3v) is 9.30. The average Bonchev–Trinajstić information content (AvgIpc) is 3.44. The van der Waals surface area contributed by atoms with Gasteiger partial charge in [0.1, 0.15) is 24.1 Å². The van der Waals surface area contributed by atoms with Crippen LogP contribution in [0, 0.1) is 32.1 Å². The molecule has 0 amide bonds. The molecule has 9 heteroatoms. The van der Waals surface area contributed by atoms with E-state index in [0.717, 1.165) is 45.9 Å². The Kier molecular flexibility index (Phi) is 6.91. The zero-order valence-electron chi connectivity index (χ0n) is 24.0. The van der Waals surface area contributed by atoms with Crippen molar-refractivity contribution in [3.05, 3.63) is 57.7 Å². The van der Waals surface area contributed by atoms with E-state index >= 15 is 0 Å². The predicted molar refractivity (Wildman–Crippen MR) is 150 cm³/mol. The summed E-state index contributed by atoms with van der Waals surface area (Å²) in [6, 6.07) is 4.28. The van der Waals surface area contributed by atoms with E-state index in [9.17, 15) is 5.26 Å². The van der Waals surface area contributed by atoms with Gasteiger partial charge in [-0.2, -0.15) is 5.26 Å². The number of likely N-dealkylation sites (N-methyl/N-ethyl adjacent to an activating group) is 1. The zero-order chi connectivity index (χ0) is 28.3. The normalized spacial score (nSPS) is 26.4. The Hall–Kier alpha value is -3.29. The van der Waals surface area contributed by atoms with E-state index < -0.39 is 0 Å². The largest absolute Gasteiger partial charge is 0.489 e. The molecule has 212 valence electrons. The number of hydrogen-bond acceptors (Lipinski definition) is 9. The topological polar surface area (TPSA) is 102 Å². The number of nitrogens with zero attached hydrogens (tertiary/aromatic N) is 3. The van der Waals surface area contributed by atoms with Gasteiger partial charge in [-0.3, -0.25) is 9.80 Å². The minimum absolute atomic E-state index is 0.00103. The first kappa shape index (κ1) is 26.9. The molecule has 2 N–H and O–H groups in total. The number of aryl methyl sites for hydroxylation is 1. The first-order valence-electron chi connectivity index (χ1n) is 13.9. The third-order valence-electron chi connectivity index (χ3n) is 9.30. The molecule has 4 heterocycles. The Morgan fingerprint density at radius 3 is 2.58 bits per heavy atom. The van der Waals surface area contributed by atoms with Gasteiger partial charge in [0.15, 0.2) is 18.3 Å². The molecule has 40 heavy (non-hydrogen) atoms. The number of hydrogen-bond donors (Lipinski definition) is 1. The molecule has 2 bridgehead atoms. The maximum Gasteiger partial charge on any atom is 0.231 e. The van der Waals surface area contributed by atoms with Gasteiger partial charge in [-0.05, 0) is 57.4 Å². The Labute approximate surface area is 236 Å². The maximum absolute atomic E-state index is 10.7. The molecule has 6 rings (SSSR count). The molecule has 5 atom stereocenters. The highest BCUT2D eigenvalue weighted by atomic mass is 16.7. The lowest BCUT2D eigenvalue weighted by Gasteiger charge is -2.60. The number of rotatable bonds is 7. The van der Waals surface area contributed by atoms with Crippen LogP contribution in [0.4, 0.5) is 0 Å². The molecule has 2 aromatic rings. The number of fused-ring (bicyclic) bond motifs is 9. The highest BCUT2D eigenvalue weighted by molar-refractivity contribution is 5.66. The fourth-order valence-corrected chi connectivity index (χ4v) is 7.55. The minimum Gasteiger partial charge on any atom is -0.489 e. The molecule has 4 aliphatic heterocycles. The van der Waals surface area contributed by atoms with E-state index in [1.165, 1.54) is 16.7 Å². The van der Waals surface area contributed by atoms with Crippen molar-refractivity contribution < 1.29 is 23.7 Å². The number of piperazine rings is 1. The summed E-state index contributed by atoms with van der Waals surface area (Å²) in [5, 5.41) is 10.7. The van der Waals surface area contributed by atoms with Crippen molar-refractivity contribution >= 4 is 0 Å². The summed E-state index contributed by atoms with van der Waals surface area (Å²) in [5.41, 5.74) is 14.2. The van der Waals surface area contributed by atoms with E-state index in [1.807, 2.05) is 6.92 Å². The zero-order valence-corrected chi connectivity index (χ0v) is 24.0. The smallest absolute Gasteiger partial charge is 0.231 e. The van der Waals surface area contributed by atoms with Gasteiger partial charge in [-0.15, -0.1) is 0 Å². The Balaban J connectivity index is 1.59. The summed E-state index contributed by atoms with van der Waals surface area (Å²) in [5.74, 6) is 3.10. The van der Waals surface area contributed by atoms with Gasteiger partial charge >= 0.3 is 0 Å². The molecule has 0 aliphatic carbocycles. The number of benzene rings is 2. The van der Waals surface area contributed by atoms with Gasteiger partial charge in [0, 0.05) is 48.0 Å². The average molecular weight is 547 g/mol. The van der Waals surface area contributed by atoms with Crippen LogP contribution in [-0.2, 0) is 17.6 Å². The van der Waals surface area contributed by atoms with Crippen molar-refractivity contribution in [2.45, 2.75) is 63.8 Å². The van der Waals surface area contributed by atoms with Crippen LogP contribution in [-0.4, -0.2) is 68.8 Å². The number of nitriles is 1. The molecule has 0 spiro atoms. The number of nitrogens with two attached hydrogens (primary N) is 1. The maximum atomic E-state index is 10.7. The lowest BCUT2D eigenvalue weighted by Crippen LogP contribution is -2.68. The van der Waals surface area contributed by atoms with Crippen molar-refractivity contribution in [3.8, 4) is 29.1 Å². The summed E-state index contributed by atoms with van der Waals surface area (Å²) in [6.07, 6.45) is 3.15. The van der Waals surface area contributed by atoms with Crippen LogP contribution in [0.25, 0.3) is 0 Å². The molecule has 2 aromatic carbocycles.